The fourth-order valence-electron chi connectivity index (χ4n) is 3.24. The van der Waals surface area contributed by atoms with Crippen LogP contribution in [-0.2, 0) is 11.3 Å². The van der Waals surface area contributed by atoms with Crippen molar-refractivity contribution in [1.29, 1.82) is 0 Å². The lowest BCUT2D eigenvalue weighted by molar-refractivity contribution is -0.118. The van der Waals surface area contributed by atoms with Crippen LogP contribution in [0.4, 0.5) is 11.4 Å². The van der Waals surface area contributed by atoms with Crippen LogP contribution >= 0.6 is 0 Å². The summed E-state index contributed by atoms with van der Waals surface area (Å²) < 4.78 is 5.51. The molecule has 0 aliphatic carbocycles. The molecule has 0 fully saturated rings. The third-order valence-electron chi connectivity index (χ3n) is 4.64. The summed E-state index contributed by atoms with van der Waals surface area (Å²) in [4.78, 5) is 26.4. The molecule has 1 aliphatic rings. The molecule has 2 amide bonds. The molecule has 4 rings (SSSR count). The standard InChI is InChI=1S/C23H20N2O3/c1-16-5-4-7-20(13-16)28-15-22(26)24-18-9-11-19(12-10-18)25-14-17-6-2-3-8-21(17)23(25)27/h2-13H,14-15H2,1H3,(H,24,26). The van der Waals surface area contributed by atoms with E-state index in [1.165, 1.54) is 0 Å². The lowest BCUT2D eigenvalue weighted by Crippen LogP contribution is -2.23. The molecule has 3 aromatic carbocycles. The molecule has 3 aromatic rings. The average molecular weight is 372 g/mol. The predicted molar refractivity (Wildman–Crippen MR) is 109 cm³/mol. The molecule has 1 aliphatic heterocycles. The van der Waals surface area contributed by atoms with Crippen molar-refractivity contribution in [3.05, 3.63) is 89.5 Å². The van der Waals surface area contributed by atoms with Gasteiger partial charge in [-0.3, -0.25) is 9.59 Å². The molecule has 1 heterocycles. The summed E-state index contributed by atoms with van der Waals surface area (Å²) in [6.45, 7) is 2.47. The molecule has 28 heavy (non-hydrogen) atoms. The van der Waals surface area contributed by atoms with Gasteiger partial charge in [-0.15, -0.1) is 0 Å². The van der Waals surface area contributed by atoms with Crippen molar-refractivity contribution >= 4 is 23.2 Å². The number of hydrogen-bond acceptors (Lipinski definition) is 3. The van der Waals surface area contributed by atoms with Crippen molar-refractivity contribution in [2.75, 3.05) is 16.8 Å². The molecule has 0 saturated heterocycles. The van der Waals surface area contributed by atoms with Crippen molar-refractivity contribution in [3.63, 3.8) is 0 Å². The number of aryl methyl sites for hydroxylation is 1. The molecule has 0 radical (unpaired) electrons. The van der Waals surface area contributed by atoms with E-state index >= 15 is 0 Å². The summed E-state index contributed by atoms with van der Waals surface area (Å²) in [7, 11) is 0. The monoisotopic (exact) mass is 372 g/mol. The number of anilines is 2. The lowest BCUT2D eigenvalue weighted by Gasteiger charge is -2.16. The number of carbonyl (C=O) groups is 2. The first-order chi connectivity index (χ1) is 13.6. The number of nitrogens with one attached hydrogen (secondary N) is 1. The van der Waals surface area contributed by atoms with Gasteiger partial charge in [0.1, 0.15) is 5.75 Å². The number of ether oxygens (including phenoxy) is 1. The highest BCUT2D eigenvalue weighted by atomic mass is 16.5. The normalized spacial score (nSPS) is 12.6. The van der Waals surface area contributed by atoms with Crippen molar-refractivity contribution in [2.24, 2.45) is 0 Å². The number of amides is 2. The number of hydrogen-bond donors (Lipinski definition) is 1. The molecule has 5 heteroatoms. The van der Waals surface area contributed by atoms with Crippen molar-refractivity contribution in [2.45, 2.75) is 13.5 Å². The average Bonchev–Trinajstić information content (AvgIpc) is 3.04. The topological polar surface area (TPSA) is 58.6 Å². The van der Waals surface area contributed by atoms with Gasteiger partial charge in [0.05, 0.1) is 6.54 Å². The maximum absolute atomic E-state index is 12.5. The van der Waals surface area contributed by atoms with Crippen LogP contribution < -0.4 is 15.0 Å². The summed E-state index contributed by atoms with van der Waals surface area (Å²) in [6, 6.07) is 22.4. The van der Waals surface area contributed by atoms with Crippen LogP contribution in [0, 0.1) is 6.92 Å². The Morgan fingerprint density at radius 1 is 1.04 bits per heavy atom. The van der Waals surface area contributed by atoms with E-state index in [1.807, 2.05) is 67.6 Å². The minimum atomic E-state index is -0.237. The number of rotatable bonds is 5. The van der Waals surface area contributed by atoms with Crippen LogP contribution in [0.5, 0.6) is 5.75 Å². The molecule has 0 saturated carbocycles. The fraction of sp³-hybridized carbons (Fsp3) is 0.130. The number of nitrogens with zero attached hydrogens (tertiary/aromatic N) is 1. The van der Waals surface area contributed by atoms with E-state index in [2.05, 4.69) is 5.32 Å². The van der Waals surface area contributed by atoms with Gasteiger partial charge in [0.25, 0.3) is 11.8 Å². The molecule has 140 valence electrons. The maximum atomic E-state index is 12.5. The third-order valence-corrected chi connectivity index (χ3v) is 4.64. The zero-order chi connectivity index (χ0) is 19.5. The smallest absolute Gasteiger partial charge is 0.262 e. The second-order valence-corrected chi connectivity index (χ2v) is 6.75. The van der Waals surface area contributed by atoms with E-state index in [1.54, 1.807) is 17.0 Å². The lowest BCUT2D eigenvalue weighted by atomic mass is 10.1. The molecule has 1 N–H and O–H groups in total. The van der Waals surface area contributed by atoms with Crippen molar-refractivity contribution in [1.82, 2.24) is 0 Å². The fourth-order valence-corrected chi connectivity index (χ4v) is 3.24. The number of carbonyl (C=O) groups excluding carboxylic acids is 2. The van der Waals surface area contributed by atoms with Crippen LogP contribution in [0.1, 0.15) is 21.5 Å². The molecule has 0 atom stereocenters. The van der Waals surface area contributed by atoms with Gasteiger partial charge in [0.2, 0.25) is 0 Å². The van der Waals surface area contributed by atoms with Crippen LogP contribution in [0.2, 0.25) is 0 Å². The SMILES string of the molecule is Cc1cccc(OCC(=O)Nc2ccc(N3Cc4ccccc4C3=O)cc2)c1. The van der Waals surface area contributed by atoms with Gasteiger partial charge in [-0.2, -0.15) is 0 Å². The zero-order valence-corrected chi connectivity index (χ0v) is 15.5. The van der Waals surface area contributed by atoms with Gasteiger partial charge in [0.15, 0.2) is 6.61 Å². The van der Waals surface area contributed by atoms with Gasteiger partial charge in [-0.1, -0.05) is 30.3 Å². The number of fused-ring (bicyclic) bond motifs is 1. The highest BCUT2D eigenvalue weighted by Gasteiger charge is 2.27. The summed E-state index contributed by atoms with van der Waals surface area (Å²) in [5.41, 5.74) is 4.31. The summed E-state index contributed by atoms with van der Waals surface area (Å²) in [6.07, 6.45) is 0. The zero-order valence-electron chi connectivity index (χ0n) is 15.5. The predicted octanol–water partition coefficient (Wildman–Crippen LogP) is 4.17. The van der Waals surface area contributed by atoms with Gasteiger partial charge < -0.3 is 15.0 Å². The third kappa shape index (κ3) is 3.74. The first kappa shape index (κ1) is 17.8. The van der Waals surface area contributed by atoms with Gasteiger partial charge in [0, 0.05) is 16.9 Å². The van der Waals surface area contributed by atoms with E-state index in [0.717, 1.165) is 22.4 Å². The quantitative estimate of drug-likeness (QED) is 0.731. The van der Waals surface area contributed by atoms with Crippen LogP contribution in [0.25, 0.3) is 0 Å². The molecular formula is C23H20N2O3. The van der Waals surface area contributed by atoms with Crippen LogP contribution in [0.15, 0.2) is 72.8 Å². The summed E-state index contributed by atoms with van der Waals surface area (Å²) in [5, 5.41) is 2.81. The Bertz CT molecular complexity index is 1030. The summed E-state index contributed by atoms with van der Waals surface area (Å²) >= 11 is 0. The Kier molecular flexibility index (Phi) is 4.81. The Morgan fingerprint density at radius 3 is 2.57 bits per heavy atom. The molecule has 0 spiro atoms. The van der Waals surface area contributed by atoms with E-state index in [-0.39, 0.29) is 18.4 Å². The second kappa shape index (κ2) is 7.56. The minimum absolute atomic E-state index is 0.000981. The van der Waals surface area contributed by atoms with Gasteiger partial charge >= 0.3 is 0 Å². The van der Waals surface area contributed by atoms with Gasteiger partial charge in [-0.25, -0.2) is 0 Å². The van der Waals surface area contributed by atoms with Crippen molar-refractivity contribution < 1.29 is 14.3 Å². The molecular weight excluding hydrogens is 352 g/mol. The summed E-state index contributed by atoms with van der Waals surface area (Å²) in [5.74, 6) is 0.426. The minimum Gasteiger partial charge on any atom is -0.484 e. The number of benzene rings is 3. The Hall–Kier alpha value is -3.60. The van der Waals surface area contributed by atoms with Crippen LogP contribution in [-0.4, -0.2) is 18.4 Å². The van der Waals surface area contributed by atoms with E-state index in [4.69, 9.17) is 4.74 Å². The van der Waals surface area contributed by atoms with E-state index < -0.39 is 0 Å². The Balaban J connectivity index is 1.36. The van der Waals surface area contributed by atoms with E-state index in [0.29, 0.717) is 18.0 Å². The maximum Gasteiger partial charge on any atom is 0.262 e. The first-order valence-corrected chi connectivity index (χ1v) is 9.09. The molecule has 0 unspecified atom stereocenters. The van der Waals surface area contributed by atoms with Crippen LogP contribution in [0.3, 0.4) is 0 Å². The van der Waals surface area contributed by atoms with E-state index in [9.17, 15) is 9.59 Å². The Morgan fingerprint density at radius 2 is 1.82 bits per heavy atom. The molecule has 5 nitrogen and oxygen atoms in total. The highest BCUT2D eigenvalue weighted by Crippen LogP contribution is 2.28. The largest absolute Gasteiger partial charge is 0.484 e. The van der Waals surface area contributed by atoms with Gasteiger partial charge in [-0.05, 0) is 60.5 Å². The first-order valence-electron chi connectivity index (χ1n) is 9.09. The molecule has 0 bridgehead atoms. The Labute approximate surface area is 163 Å². The van der Waals surface area contributed by atoms with Crippen molar-refractivity contribution in [3.8, 4) is 5.75 Å². The second-order valence-electron chi connectivity index (χ2n) is 6.75. The molecule has 0 aromatic heterocycles. The highest BCUT2D eigenvalue weighted by molar-refractivity contribution is 6.10.